The number of amides is 1. The van der Waals surface area contributed by atoms with Crippen LogP contribution in [-0.4, -0.2) is 61.9 Å². The third-order valence-electron chi connectivity index (χ3n) is 6.99. The van der Waals surface area contributed by atoms with E-state index >= 15 is 0 Å². The second kappa shape index (κ2) is 10.2. The molecule has 2 aromatic rings. The molecule has 11 heteroatoms. The molecule has 2 aliphatic heterocycles. The summed E-state index contributed by atoms with van der Waals surface area (Å²) in [7, 11) is -3.70. The predicted octanol–water partition coefficient (Wildman–Crippen LogP) is 4.84. The maximum atomic E-state index is 13.4. The van der Waals surface area contributed by atoms with Crippen LogP contribution in [0.15, 0.2) is 53.4 Å². The fourth-order valence-electron chi connectivity index (χ4n) is 5.39. The molecule has 2 fully saturated rings. The van der Waals surface area contributed by atoms with Gasteiger partial charge in [0.1, 0.15) is 5.75 Å². The molecule has 0 atom stereocenters. The van der Waals surface area contributed by atoms with Gasteiger partial charge in [0.2, 0.25) is 15.9 Å². The predicted molar refractivity (Wildman–Crippen MR) is 134 cm³/mol. The third-order valence-corrected chi connectivity index (χ3v) is 9.28. The molecule has 7 nitrogen and oxygen atoms in total. The van der Waals surface area contributed by atoms with Gasteiger partial charge in [0.25, 0.3) is 0 Å². The first-order chi connectivity index (χ1) is 16.9. The van der Waals surface area contributed by atoms with Crippen LogP contribution in [0.4, 0.5) is 14.5 Å². The Balaban J connectivity index is 1.34. The highest BCUT2D eigenvalue weighted by atomic mass is 35.5. The monoisotopic (exact) mass is 541 g/mol. The molecule has 36 heavy (non-hydrogen) atoms. The Bertz CT molecular complexity index is 1200. The Morgan fingerprint density at radius 1 is 1.14 bits per heavy atom. The number of anilines is 1. The molecule has 2 saturated heterocycles. The molecule has 1 spiro atoms. The van der Waals surface area contributed by atoms with Gasteiger partial charge in [-0.05, 0) is 94.1 Å². The van der Waals surface area contributed by atoms with Crippen molar-refractivity contribution in [1.29, 1.82) is 0 Å². The molecule has 0 aliphatic carbocycles. The molecule has 1 amide bonds. The number of piperidine rings is 1. The normalized spacial score (nSPS) is 20.1. The van der Waals surface area contributed by atoms with Crippen LogP contribution in [0.2, 0.25) is 5.02 Å². The minimum atomic E-state index is -3.70. The number of benzene rings is 2. The number of halogens is 3. The second-order valence-corrected chi connectivity index (χ2v) is 12.5. The van der Waals surface area contributed by atoms with E-state index in [1.807, 2.05) is 13.8 Å². The van der Waals surface area contributed by atoms with Gasteiger partial charge in [-0.3, -0.25) is 9.69 Å². The van der Waals surface area contributed by atoms with Crippen molar-refractivity contribution in [3.8, 4) is 5.75 Å². The lowest BCUT2D eigenvalue weighted by atomic mass is 9.74. The number of hydrogen-bond donors (Lipinski definition) is 1. The van der Waals surface area contributed by atoms with Crippen LogP contribution in [0.1, 0.15) is 33.1 Å². The quantitative estimate of drug-likeness (QED) is 0.543. The minimum absolute atomic E-state index is 0.0234. The Labute approximate surface area is 215 Å². The van der Waals surface area contributed by atoms with Gasteiger partial charge in [-0.1, -0.05) is 17.7 Å². The van der Waals surface area contributed by atoms with Gasteiger partial charge in [0.15, 0.2) is 0 Å². The Hall–Kier alpha value is -2.27. The summed E-state index contributed by atoms with van der Waals surface area (Å²) in [6.45, 7) is 3.00. The molecule has 2 aromatic carbocycles. The standard InChI is InChI=1S/C25H30ClF2N3O4S/c1-24(2)16-25(17-31(24)36(33,34)21-5-3-4-18(26)14-21)10-12-30(13-11-25)15-22(32)29-19-6-8-20(9-7-19)35-23(27)28/h3-9,14,23H,10-13,15-17H2,1-2H3,(H,29,32). The summed E-state index contributed by atoms with van der Waals surface area (Å²) in [6.07, 6.45) is 2.31. The van der Waals surface area contributed by atoms with Crippen LogP contribution in [0.3, 0.4) is 0 Å². The second-order valence-electron chi connectivity index (χ2n) is 10.2. The molecule has 0 unspecified atom stereocenters. The summed E-state index contributed by atoms with van der Waals surface area (Å²) >= 11 is 6.05. The number of ether oxygens (including phenoxy) is 1. The van der Waals surface area contributed by atoms with Gasteiger partial charge >= 0.3 is 6.61 Å². The molecule has 0 radical (unpaired) electrons. The van der Waals surface area contributed by atoms with Crippen molar-refractivity contribution in [3.63, 3.8) is 0 Å². The van der Waals surface area contributed by atoms with Gasteiger partial charge in [0, 0.05) is 22.8 Å². The van der Waals surface area contributed by atoms with Crippen molar-refractivity contribution in [2.45, 2.75) is 50.2 Å². The molecule has 0 aromatic heterocycles. The van der Waals surface area contributed by atoms with Crippen LogP contribution in [0, 0.1) is 5.41 Å². The fraction of sp³-hybridized carbons (Fsp3) is 0.480. The zero-order valence-corrected chi connectivity index (χ0v) is 21.8. The van der Waals surface area contributed by atoms with Crippen molar-refractivity contribution in [1.82, 2.24) is 9.21 Å². The van der Waals surface area contributed by atoms with E-state index in [9.17, 15) is 22.0 Å². The number of nitrogens with one attached hydrogen (secondary N) is 1. The van der Waals surface area contributed by atoms with Gasteiger partial charge in [-0.25, -0.2) is 8.42 Å². The van der Waals surface area contributed by atoms with Gasteiger partial charge in [-0.15, -0.1) is 0 Å². The van der Waals surface area contributed by atoms with Crippen LogP contribution < -0.4 is 10.1 Å². The van der Waals surface area contributed by atoms with E-state index in [0.29, 0.717) is 30.3 Å². The fourth-order valence-corrected chi connectivity index (χ4v) is 7.58. The summed E-state index contributed by atoms with van der Waals surface area (Å²) in [6, 6.07) is 12.1. The molecule has 4 rings (SSSR count). The highest BCUT2D eigenvalue weighted by Gasteiger charge is 2.53. The lowest BCUT2D eigenvalue weighted by molar-refractivity contribution is -0.117. The highest BCUT2D eigenvalue weighted by molar-refractivity contribution is 7.89. The number of likely N-dealkylation sites (tertiary alicyclic amines) is 1. The number of sulfonamides is 1. The lowest BCUT2D eigenvalue weighted by Crippen LogP contribution is -2.45. The summed E-state index contributed by atoms with van der Waals surface area (Å²) in [5, 5.41) is 3.15. The van der Waals surface area contributed by atoms with E-state index in [1.54, 1.807) is 22.5 Å². The van der Waals surface area contributed by atoms with E-state index < -0.39 is 22.2 Å². The number of alkyl halides is 2. The van der Waals surface area contributed by atoms with E-state index in [1.165, 1.54) is 30.3 Å². The molecular formula is C25H30ClF2N3O4S. The van der Waals surface area contributed by atoms with Crippen molar-refractivity contribution in [3.05, 3.63) is 53.6 Å². The van der Waals surface area contributed by atoms with Gasteiger partial charge in [-0.2, -0.15) is 13.1 Å². The van der Waals surface area contributed by atoms with Crippen LogP contribution >= 0.6 is 11.6 Å². The topological polar surface area (TPSA) is 79.0 Å². The van der Waals surface area contributed by atoms with Crippen molar-refractivity contribution in [2.24, 2.45) is 5.41 Å². The summed E-state index contributed by atoms with van der Waals surface area (Å²) in [5.74, 6) is -0.180. The van der Waals surface area contributed by atoms with Crippen LogP contribution in [0.25, 0.3) is 0 Å². The summed E-state index contributed by atoms with van der Waals surface area (Å²) in [5.41, 5.74) is -0.196. The smallest absolute Gasteiger partial charge is 0.387 e. The van der Waals surface area contributed by atoms with E-state index in [4.69, 9.17) is 11.6 Å². The van der Waals surface area contributed by atoms with Crippen molar-refractivity contribution in [2.75, 3.05) is 31.5 Å². The maximum Gasteiger partial charge on any atom is 0.387 e. The lowest BCUT2D eigenvalue weighted by Gasteiger charge is -2.39. The van der Waals surface area contributed by atoms with E-state index in [0.717, 1.165) is 19.3 Å². The van der Waals surface area contributed by atoms with Crippen LogP contribution in [-0.2, 0) is 14.8 Å². The molecule has 2 aliphatic rings. The first-order valence-corrected chi connectivity index (χ1v) is 13.6. The van der Waals surface area contributed by atoms with E-state index in [-0.39, 0.29) is 28.5 Å². The molecule has 2 heterocycles. The SMILES string of the molecule is CC1(C)CC2(CCN(CC(=O)Nc3ccc(OC(F)F)cc3)CC2)CN1S(=O)(=O)c1cccc(Cl)c1. The first kappa shape index (κ1) is 26.8. The maximum absolute atomic E-state index is 13.4. The third kappa shape index (κ3) is 5.99. The zero-order valence-electron chi connectivity index (χ0n) is 20.2. The highest BCUT2D eigenvalue weighted by Crippen LogP contribution is 2.49. The number of rotatable bonds is 7. The molecule has 0 bridgehead atoms. The molecule has 1 N–H and O–H groups in total. The molecule has 0 saturated carbocycles. The van der Waals surface area contributed by atoms with Gasteiger partial charge in [0.05, 0.1) is 11.4 Å². The largest absolute Gasteiger partial charge is 0.435 e. The van der Waals surface area contributed by atoms with Crippen LogP contribution in [0.5, 0.6) is 5.75 Å². The van der Waals surface area contributed by atoms with Crippen molar-refractivity contribution >= 4 is 33.2 Å². The average molecular weight is 542 g/mol. The summed E-state index contributed by atoms with van der Waals surface area (Å²) < 4.78 is 57.4. The molecular weight excluding hydrogens is 512 g/mol. The Kier molecular flexibility index (Phi) is 7.62. The van der Waals surface area contributed by atoms with Crippen molar-refractivity contribution < 1.29 is 26.7 Å². The van der Waals surface area contributed by atoms with E-state index in [2.05, 4.69) is 15.0 Å². The van der Waals surface area contributed by atoms with Gasteiger partial charge < -0.3 is 10.1 Å². The number of carbonyl (C=O) groups excluding carboxylic acids is 1. The Morgan fingerprint density at radius 3 is 2.42 bits per heavy atom. The number of carbonyl (C=O) groups is 1. The number of hydrogen-bond acceptors (Lipinski definition) is 5. The number of nitrogens with zero attached hydrogens (tertiary/aromatic N) is 2. The summed E-state index contributed by atoms with van der Waals surface area (Å²) in [4.78, 5) is 14.8. The first-order valence-electron chi connectivity index (χ1n) is 11.7. The average Bonchev–Trinajstić information content (AvgIpc) is 3.07. The molecule has 196 valence electrons. The zero-order chi connectivity index (χ0) is 26.1. The minimum Gasteiger partial charge on any atom is -0.435 e. The Morgan fingerprint density at radius 2 is 1.81 bits per heavy atom.